The summed E-state index contributed by atoms with van der Waals surface area (Å²) >= 11 is 0. The van der Waals surface area contributed by atoms with E-state index in [0.29, 0.717) is 0 Å². The van der Waals surface area contributed by atoms with Crippen LogP contribution < -0.4 is 0 Å². The van der Waals surface area contributed by atoms with Crippen LogP contribution in [0.4, 0.5) is 0 Å². The number of unbranched alkanes of at least 4 members (excludes halogenated alkanes) is 4. The first-order valence-corrected chi connectivity index (χ1v) is 12.7. The number of rotatable bonds is 20. The Bertz CT molecular complexity index is 233. The highest BCUT2D eigenvalue weighted by molar-refractivity contribution is 4.68. The van der Waals surface area contributed by atoms with Crippen molar-refractivity contribution in [1.82, 2.24) is 0 Å². The maximum atomic E-state index is 2.39. The molecular formula is C26H54. The van der Waals surface area contributed by atoms with E-state index < -0.39 is 0 Å². The van der Waals surface area contributed by atoms with Crippen LogP contribution in [0, 0.1) is 17.8 Å². The van der Waals surface area contributed by atoms with Gasteiger partial charge in [-0.25, -0.2) is 0 Å². The van der Waals surface area contributed by atoms with Crippen molar-refractivity contribution in [2.45, 2.75) is 150 Å². The van der Waals surface area contributed by atoms with Gasteiger partial charge in [0, 0.05) is 0 Å². The molecule has 2 atom stereocenters. The molecule has 0 bridgehead atoms. The fraction of sp³-hybridized carbons (Fsp3) is 1.00. The molecule has 26 heavy (non-hydrogen) atoms. The zero-order valence-electron chi connectivity index (χ0n) is 19.5. The monoisotopic (exact) mass is 366 g/mol. The Morgan fingerprint density at radius 3 is 0.885 bits per heavy atom. The van der Waals surface area contributed by atoms with Gasteiger partial charge in [-0.2, -0.15) is 0 Å². The van der Waals surface area contributed by atoms with Crippen LogP contribution in [-0.4, -0.2) is 0 Å². The molecule has 0 fully saturated rings. The Morgan fingerprint density at radius 2 is 0.615 bits per heavy atom. The van der Waals surface area contributed by atoms with Crippen LogP contribution in [0.1, 0.15) is 150 Å². The van der Waals surface area contributed by atoms with Crippen molar-refractivity contribution in [2.75, 3.05) is 0 Å². The minimum Gasteiger partial charge on any atom is -0.0654 e. The van der Waals surface area contributed by atoms with E-state index in [1.807, 2.05) is 0 Å². The van der Waals surface area contributed by atoms with Crippen LogP contribution in [0.5, 0.6) is 0 Å². The second-order valence-corrected chi connectivity index (χ2v) is 9.11. The highest BCUT2D eigenvalue weighted by Gasteiger charge is 2.15. The summed E-state index contributed by atoms with van der Waals surface area (Å²) in [5.74, 6) is 3.04. The van der Waals surface area contributed by atoms with Crippen LogP contribution in [0.15, 0.2) is 0 Å². The van der Waals surface area contributed by atoms with Crippen molar-refractivity contribution in [3.8, 4) is 0 Å². The van der Waals surface area contributed by atoms with Crippen molar-refractivity contribution in [1.29, 1.82) is 0 Å². The van der Waals surface area contributed by atoms with E-state index in [-0.39, 0.29) is 0 Å². The molecule has 0 saturated heterocycles. The van der Waals surface area contributed by atoms with Gasteiger partial charge in [0.2, 0.25) is 0 Å². The van der Waals surface area contributed by atoms with Crippen molar-refractivity contribution in [3.63, 3.8) is 0 Å². The lowest BCUT2D eigenvalue weighted by Gasteiger charge is -2.23. The summed E-state index contributed by atoms with van der Waals surface area (Å²) in [6.45, 7) is 11.8. The first-order valence-electron chi connectivity index (χ1n) is 12.7. The van der Waals surface area contributed by atoms with E-state index in [1.165, 1.54) is 116 Å². The van der Waals surface area contributed by atoms with E-state index in [9.17, 15) is 0 Å². The minimum absolute atomic E-state index is 1.01. The molecule has 0 aliphatic carbocycles. The third kappa shape index (κ3) is 15.1. The van der Waals surface area contributed by atoms with E-state index in [1.54, 1.807) is 0 Å². The molecule has 0 radical (unpaired) electrons. The lowest BCUT2D eigenvalue weighted by Crippen LogP contribution is -2.09. The molecule has 0 aromatic rings. The Balaban J connectivity index is 4.31. The highest BCUT2D eigenvalue weighted by atomic mass is 14.2. The van der Waals surface area contributed by atoms with Gasteiger partial charge in [0.1, 0.15) is 0 Å². The Morgan fingerprint density at radius 1 is 0.308 bits per heavy atom. The van der Waals surface area contributed by atoms with Gasteiger partial charge in [-0.15, -0.1) is 0 Å². The number of hydrogen-bond donors (Lipinski definition) is 0. The molecule has 0 nitrogen and oxygen atoms in total. The molecule has 2 unspecified atom stereocenters. The van der Waals surface area contributed by atoms with Gasteiger partial charge in [0.05, 0.1) is 0 Å². The first-order chi connectivity index (χ1) is 12.7. The third-order valence-corrected chi connectivity index (χ3v) is 6.49. The molecular weight excluding hydrogens is 312 g/mol. The van der Waals surface area contributed by atoms with Crippen molar-refractivity contribution >= 4 is 0 Å². The van der Waals surface area contributed by atoms with Crippen molar-refractivity contribution in [3.05, 3.63) is 0 Å². The summed E-state index contributed by atoms with van der Waals surface area (Å²) < 4.78 is 0. The first kappa shape index (κ1) is 26.0. The summed E-state index contributed by atoms with van der Waals surface area (Å²) in [7, 11) is 0. The molecule has 0 saturated carbocycles. The van der Waals surface area contributed by atoms with Gasteiger partial charge >= 0.3 is 0 Å². The molecule has 0 amide bonds. The standard InChI is InChI=1S/C26H54/c1-6-11-13-18-24(15-8-3)20-22-26(17-10-5)23-21-25(16-9-4)19-14-12-7-2/h24-26H,6-23H2,1-5H3. The zero-order chi connectivity index (χ0) is 19.5. The van der Waals surface area contributed by atoms with Gasteiger partial charge in [-0.1, -0.05) is 150 Å². The third-order valence-electron chi connectivity index (χ3n) is 6.49. The van der Waals surface area contributed by atoms with Gasteiger partial charge in [-0.05, 0) is 17.8 Å². The van der Waals surface area contributed by atoms with Crippen LogP contribution in [0.2, 0.25) is 0 Å². The van der Waals surface area contributed by atoms with Crippen LogP contribution in [0.3, 0.4) is 0 Å². The maximum absolute atomic E-state index is 2.39. The average molecular weight is 367 g/mol. The van der Waals surface area contributed by atoms with E-state index >= 15 is 0 Å². The van der Waals surface area contributed by atoms with Crippen LogP contribution in [0.25, 0.3) is 0 Å². The van der Waals surface area contributed by atoms with Gasteiger partial charge in [-0.3, -0.25) is 0 Å². The van der Waals surface area contributed by atoms with Crippen molar-refractivity contribution in [2.24, 2.45) is 17.8 Å². The lowest BCUT2D eigenvalue weighted by molar-refractivity contribution is 0.293. The van der Waals surface area contributed by atoms with Gasteiger partial charge < -0.3 is 0 Å². The predicted octanol–water partition coefficient (Wildman–Crippen LogP) is 9.96. The van der Waals surface area contributed by atoms with E-state index in [4.69, 9.17) is 0 Å². The van der Waals surface area contributed by atoms with Crippen molar-refractivity contribution < 1.29 is 0 Å². The lowest BCUT2D eigenvalue weighted by atomic mass is 9.83. The molecule has 0 aliphatic heterocycles. The summed E-state index contributed by atoms with van der Waals surface area (Å²) in [6, 6.07) is 0. The molecule has 0 aromatic heterocycles. The Kier molecular flexibility index (Phi) is 19.8. The number of hydrogen-bond acceptors (Lipinski definition) is 0. The Hall–Kier alpha value is 0. The smallest absolute Gasteiger partial charge is 0.0414 e. The average Bonchev–Trinajstić information content (AvgIpc) is 2.64. The van der Waals surface area contributed by atoms with Gasteiger partial charge in [0.15, 0.2) is 0 Å². The van der Waals surface area contributed by atoms with Gasteiger partial charge in [0.25, 0.3) is 0 Å². The van der Waals surface area contributed by atoms with Crippen LogP contribution in [-0.2, 0) is 0 Å². The molecule has 0 heteroatoms. The molecule has 0 spiro atoms. The topological polar surface area (TPSA) is 0 Å². The molecule has 158 valence electrons. The summed E-state index contributed by atoms with van der Waals surface area (Å²) in [5, 5.41) is 0. The second-order valence-electron chi connectivity index (χ2n) is 9.11. The zero-order valence-corrected chi connectivity index (χ0v) is 19.5. The molecule has 0 rings (SSSR count). The maximum Gasteiger partial charge on any atom is -0.0414 e. The highest BCUT2D eigenvalue weighted by Crippen LogP contribution is 2.30. The summed E-state index contributed by atoms with van der Waals surface area (Å²) in [4.78, 5) is 0. The quantitative estimate of drug-likeness (QED) is 0.188. The molecule has 0 aliphatic rings. The fourth-order valence-corrected chi connectivity index (χ4v) is 4.83. The van der Waals surface area contributed by atoms with E-state index in [2.05, 4.69) is 34.6 Å². The molecule has 0 heterocycles. The molecule has 0 N–H and O–H groups in total. The summed E-state index contributed by atoms with van der Waals surface area (Å²) in [6.07, 6.45) is 26.1. The second kappa shape index (κ2) is 19.8. The van der Waals surface area contributed by atoms with Crippen LogP contribution >= 0.6 is 0 Å². The predicted molar refractivity (Wildman–Crippen MR) is 122 cm³/mol. The molecule has 0 aromatic carbocycles. The largest absolute Gasteiger partial charge is 0.0654 e. The normalized spacial score (nSPS) is 15.1. The SMILES string of the molecule is CCCCCC(CCC)CCC(CCC)CCC(CCC)CCCCC. The minimum atomic E-state index is 1.01. The van der Waals surface area contributed by atoms with E-state index in [0.717, 1.165) is 17.8 Å². The Labute approximate surface area is 168 Å². The summed E-state index contributed by atoms with van der Waals surface area (Å²) in [5.41, 5.74) is 0. The fourth-order valence-electron chi connectivity index (χ4n) is 4.83.